The lowest BCUT2D eigenvalue weighted by Crippen LogP contribution is -2.34. The number of aromatic nitrogens is 1. The summed E-state index contributed by atoms with van der Waals surface area (Å²) < 4.78 is 0. The summed E-state index contributed by atoms with van der Waals surface area (Å²) in [5, 5.41) is 13.1. The number of carboxylic acids is 1. The van der Waals surface area contributed by atoms with Gasteiger partial charge in [-0.25, -0.2) is 0 Å². The molecule has 1 heterocycles. The smallest absolute Gasteiger partial charge is 0.306 e. The van der Waals surface area contributed by atoms with Crippen LogP contribution in [0.2, 0.25) is 0 Å². The van der Waals surface area contributed by atoms with Crippen LogP contribution in [0.15, 0.2) is 24.4 Å². The van der Waals surface area contributed by atoms with Crippen molar-refractivity contribution in [1.29, 1.82) is 0 Å². The molecule has 1 aliphatic carbocycles. The summed E-state index contributed by atoms with van der Waals surface area (Å²) in [6.45, 7) is 2.03. The molecular weight excluding hydrogens is 280 g/mol. The highest BCUT2D eigenvalue weighted by Crippen LogP contribution is 2.26. The number of fused-ring (bicyclic) bond motifs is 1. The van der Waals surface area contributed by atoms with Crippen LogP contribution < -0.4 is 5.32 Å². The van der Waals surface area contributed by atoms with Gasteiger partial charge in [0.25, 0.3) is 0 Å². The number of aryl methyl sites for hydroxylation is 1. The molecule has 3 N–H and O–H groups in total. The molecule has 1 aromatic carbocycles. The van der Waals surface area contributed by atoms with Crippen LogP contribution in [0.1, 0.15) is 30.4 Å². The molecule has 1 aromatic heterocycles. The maximum absolute atomic E-state index is 12.2. The van der Waals surface area contributed by atoms with Gasteiger partial charge in [0.05, 0.1) is 12.3 Å². The molecule has 0 spiro atoms. The van der Waals surface area contributed by atoms with Crippen LogP contribution in [0, 0.1) is 12.8 Å². The fraction of sp³-hybridized carbons (Fsp3) is 0.412. The van der Waals surface area contributed by atoms with Crippen LogP contribution in [-0.4, -0.2) is 28.0 Å². The molecule has 1 saturated carbocycles. The van der Waals surface area contributed by atoms with Crippen LogP contribution in [0.25, 0.3) is 10.9 Å². The predicted molar refractivity (Wildman–Crippen MR) is 83.6 cm³/mol. The Morgan fingerprint density at radius 1 is 1.36 bits per heavy atom. The molecule has 2 aromatic rings. The fourth-order valence-electron chi connectivity index (χ4n) is 3.38. The average Bonchev–Trinajstić information content (AvgIpc) is 3.07. The van der Waals surface area contributed by atoms with Crippen LogP contribution in [-0.2, 0) is 16.0 Å². The Morgan fingerprint density at radius 3 is 2.91 bits per heavy atom. The second-order valence-corrected chi connectivity index (χ2v) is 6.10. The maximum Gasteiger partial charge on any atom is 0.306 e. The third kappa shape index (κ3) is 2.84. The first kappa shape index (κ1) is 14.6. The van der Waals surface area contributed by atoms with Crippen molar-refractivity contribution in [3.05, 3.63) is 35.5 Å². The molecule has 0 saturated heterocycles. The van der Waals surface area contributed by atoms with Crippen LogP contribution >= 0.6 is 0 Å². The number of aliphatic carboxylic acids is 1. The van der Waals surface area contributed by atoms with E-state index in [0.29, 0.717) is 19.3 Å². The van der Waals surface area contributed by atoms with E-state index < -0.39 is 5.97 Å². The van der Waals surface area contributed by atoms with Crippen LogP contribution in [0.4, 0.5) is 0 Å². The summed E-state index contributed by atoms with van der Waals surface area (Å²) in [5.41, 5.74) is 3.17. The van der Waals surface area contributed by atoms with Crippen molar-refractivity contribution in [2.24, 2.45) is 5.92 Å². The van der Waals surface area contributed by atoms with Gasteiger partial charge >= 0.3 is 5.97 Å². The van der Waals surface area contributed by atoms with Gasteiger partial charge in [-0.05, 0) is 43.4 Å². The van der Waals surface area contributed by atoms with E-state index in [1.165, 1.54) is 0 Å². The molecular formula is C17H20N2O3. The van der Waals surface area contributed by atoms with Crippen LogP contribution in [0.3, 0.4) is 0 Å². The monoisotopic (exact) mass is 300 g/mol. The first-order chi connectivity index (χ1) is 10.5. The molecule has 2 atom stereocenters. The van der Waals surface area contributed by atoms with Crippen molar-refractivity contribution in [3.8, 4) is 0 Å². The normalized spacial score (nSPS) is 21.1. The molecule has 1 aliphatic rings. The second kappa shape index (κ2) is 5.83. The average molecular weight is 300 g/mol. The summed E-state index contributed by atoms with van der Waals surface area (Å²) in [4.78, 5) is 26.4. The minimum Gasteiger partial charge on any atom is -0.481 e. The van der Waals surface area contributed by atoms with Gasteiger partial charge in [0.1, 0.15) is 0 Å². The first-order valence-corrected chi connectivity index (χ1v) is 7.62. The quantitative estimate of drug-likeness (QED) is 0.811. The number of amides is 1. The number of rotatable bonds is 4. The van der Waals surface area contributed by atoms with Crippen molar-refractivity contribution in [2.45, 2.75) is 38.6 Å². The van der Waals surface area contributed by atoms with E-state index in [2.05, 4.69) is 10.3 Å². The molecule has 0 bridgehead atoms. The SMILES string of the molecule is Cc1cccc2[nH]cc(CC(=O)N[C@H]3CC[C@@H](C(=O)O)C3)c12. The van der Waals surface area contributed by atoms with Gasteiger partial charge in [-0.3, -0.25) is 9.59 Å². The fourth-order valence-corrected chi connectivity index (χ4v) is 3.38. The summed E-state index contributed by atoms with van der Waals surface area (Å²) in [5.74, 6) is -1.12. The molecule has 1 fully saturated rings. The van der Waals surface area contributed by atoms with E-state index in [-0.39, 0.29) is 17.9 Å². The third-order valence-corrected chi connectivity index (χ3v) is 4.49. The molecule has 22 heavy (non-hydrogen) atoms. The standard InChI is InChI=1S/C17H20N2O3/c1-10-3-2-4-14-16(10)12(9-18-14)8-15(20)19-13-6-5-11(7-13)17(21)22/h2-4,9,11,13,18H,5-8H2,1H3,(H,19,20)(H,21,22)/t11-,13+/m1/s1. The first-order valence-electron chi connectivity index (χ1n) is 7.62. The molecule has 1 amide bonds. The molecule has 0 radical (unpaired) electrons. The van der Waals surface area contributed by atoms with Crippen molar-refractivity contribution < 1.29 is 14.7 Å². The van der Waals surface area contributed by atoms with E-state index in [1.54, 1.807) is 0 Å². The lowest BCUT2D eigenvalue weighted by molar-refractivity contribution is -0.141. The van der Waals surface area contributed by atoms with Crippen molar-refractivity contribution in [1.82, 2.24) is 10.3 Å². The van der Waals surface area contributed by atoms with Gasteiger partial charge in [-0.2, -0.15) is 0 Å². The number of nitrogens with one attached hydrogen (secondary N) is 2. The van der Waals surface area contributed by atoms with Crippen molar-refractivity contribution >= 4 is 22.8 Å². The summed E-state index contributed by atoms with van der Waals surface area (Å²) in [6, 6.07) is 6.01. The minimum absolute atomic E-state index is 0.0140. The third-order valence-electron chi connectivity index (χ3n) is 4.49. The molecule has 0 unspecified atom stereocenters. The number of hydrogen-bond donors (Lipinski definition) is 3. The van der Waals surface area contributed by atoms with Gasteiger partial charge in [0, 0.05) is 23.1 Å². The van der Waals surface area contributed by atoms with E-state index in [9.17, 15) is 9.59 Å². The van der Waals surface area contributed by atoms with E-state index >= 15 is 0 Å². The summed E-state index contributed by atoms with van der Waals surface area (Å²) >= 11 is 0. The molecule has 5 heteroatoms. The molecule has 116 valence electrons. The molecule has 3 rings (SSSR count). The van der Waals surface area contributed by atoms with Crippen molar-refractivity contribution in [3.63, 3.8) is 0 Å². The molecule has 5 nitrogen and oxygen atoms in total. The zero-order chi connectivity index (χ0) is 15.7. The number of benzene rings is 1. The highest BCUT2D eigenvalue weighted by atomic mass is 16.4. The zero-order valence-corrected chi connectivity index (χ0v) is 12.6. The van der Waals surface area contributed by atoms with E-state index in [0.717, 1.165) is 28.5 Å². The Labute approximate surface area is 128 Å². The maximum atomic E-state index is 12.2. The Balaban J connectivity index is 1.66. The Bertz CT molecular complexity index is 720. The summed E-state index contributed by atoms with van der Waals surface area (Å²) in [6.07, 6.45) is 4.13. The number of carboxylic acid groups (broad SMARTS) is 1. The second-order valence-electron chi connectivity index (χ2n) is 6.10. The van der Waals surface area contributed by atoms with Gasteiger partial charge in [0.15, 0.2) is 0 Å². The Hall–Kier alpha value is -2.30. The largest absolute Gasteiger partial charge is 0.481 e. The van der Waals surface area contributed by atoms with E-state index in [4.69, 9.17) is 5.11 Å². The van der Waals surface area contributed by atoms with Gasteiger partial charge in [0.2, 0.25) is 5.91 Å². The van der Waals surface area contributed by atoms with Gasteiger partial charge in [-0.15, -0.1) is 0 Å². The highest BCUT2D eigenvalue weighted by molar-refractivity contribution is 5.91. The number of carbonyl (C=O) groups excluding carboxylic acids is 1. The number of aromatic amines is 1. The summed E-state index contributed by atoms with van der Waals surface area (Å²) in [7, 11) is 0. The lowest BCUT2D eigenvalue weighted by atomic mass is 10.0. The van der Waals surface area contributed by atoms with E-state index in [1.807, 2.05) is 31.3 Å². The minimum atomic E-state index is -0.760. The van der Waals surface area contributed by atoms with Crippen molar-refractivity contribution in [2.75, 3.05) is 0 Å². The highest BCUT2D eigenvalue weighted by Gasteiger charge is 2.30. The van der Waals surface area contributed by atoms with Gasteiger partial charge < -0.3 is 15.4 Å². The zero-order valence-electron chi connectivity index (χ0n) is 12.6. The predicted octanol–water partition coefficient (Wildman–Crippen LogP) is 2.39. The number of carbonyl (C=O) groups is 2. The van der Waals surface area contributed by atoms with Crippen LogP contribution in [0.5, 0.6) is 0 Å². The Morgan fingerprint density at radius 2 is 2.18 bits per heavy atom. The number of hydrogen-bond acceptors (Lipinski definition) is 2. The Kier molecular flexibility index (Phi) is 3.88. The topological polar surface area (TPSA) is 82.2 Å². The lowest BCUT2D eigenvalue weighted by Gasteiger charge is -2.12. The molecule has 0 aliphatic heterocycles. The number of H-pyrrole nitrogens is 1. The van der Waals surface area contributed by atoms with Gasteiger partial charge in [-0.1, -0.05) is 12.1 Å².